The Morgan fingerprint density at radius 1 is 1.32 bits per heavy atom. The van der Waals surface area contributed by atoms with E-state index in [4.69, 9.17) is 10.2 Å². The van der Waals surface area contributed by atoms with Gasteiger partial charge in [-0.3, -0.25) is 14.1 Å². The average molecular weight is 478 g/mol. The molecule has 2 aliphatic carbocycles. The maximum absolute atomic E-state index is 12.1. The van der Waals surface area contributed by atoms with Crippen molar-refractivity contribution >= 4 is 43.5 Å². The van der Waals surface area contributed by atoms with Crippen molar-refractivity contribution in [2.45, 2.75) is 37.3 Å². The molecule has 8 nitrogen and oxygen atoms in total. The molecule has 1 aromatic rings. The van der Waals surface area contributed by atoms with Crippen LogP contribution < -0.4 is 5.32 Å². The summed E-state index contributed by atoms with van der Waals surface area (Å²) in [4.78, 5) is 22.2. The lowest BCUT2D eigenvalue weighted by Crippen LogP contribution is -2.46. The molecule has 3 atom stereocenters. The van der Waals surface area contributed by atoms with E-state index in [2.05, 4.69) is 21.2 Å². The number of aromatic hydroxyl groups is 1. The number of aliphatic carboxylic acids is 1. The van der Waals surface area contributed by atoms with E-state index in [0.717, 1.165) is 6.42 Å². The number of carbonyl (C=O) groups excluding carboxylic acids is 1. The number of halogens is 1. The van der Waals surface area contributed by atoms with Gasteiger partial charge in [-0.1, -0.05) is 29.8 Å². The molecular formula is C18H24BrNO7S. The van der Waals surface area contributed by atoms with Gasteiger partial charge in [-0.2, -0.15) is 8.42 Å². The SMILES string of the molecule is CC1(C)C2CCC1(C(Br)S(=O)(=O)O)C(=O)C2.O=C(O)CNc1ccc(O)cc1. The summed E-state index contributed by atoms with van der Waals surface area (Å²) in [5.41, 5.74) is -0.644. The van der Waals surface area contributed by atoms with Crippen molar-refractivity contribution in [2.75, 3.05) is 11.9 Å². The van der Waals surface area contributed by atoms with Gasteiger partial charge in [0.2, 0.25) is 0 Å². The standard InChI is InChI=1S/C10H15BrO4S.C8H9NO3/c1-9(2)6-3-4-10(9,7(12)5-6)8(11)16(13,14)15;10-7-3-1-6(2-4-7)9-5-8(11)12/h6,8H,3-5H2,1-2H3,(H,13,14,15);1-4,9-10H,5H2,(H,11,12). The van der Waals surface area contributed by atoms with Crippen molar-refractivity contribution in [2.24, 2.45) is 16.7 Å². The summed E-state index contributed by atoms with van der Waals surface area (Å²) < 4.78 is 30.6. The highest BCUT2D eigenvalue weighted by Crippen LogP contribution is 2.67. The Balaban J connectivity index is 0.000000209. The van der Waals surface area contributed by atoms with Crippen molar-refractivity contribution in [3.63, 3.8) is 0 Å². The monoisotopic (exact) mass is 477 g/mol. The van der Waals surface area contributed by atoms with Gasteiger partial charge in [0.25, 0.3) is 10.1 Å². The van der Waals surface area contributed by atoms with E-state index in [-0.39, 0.29) is 29.4 Å². The second-order valence-electron chi connectivity index (χ2n) is 7.68. The van der Waals surface area contributed by atoms with Crippen LogP contribution in [-0.2, 0) is 19.7 Å². The van der Waals surface area contributed by atoms with Crippen molar-refractivity contribution < 1.29 is 32.8 Å². The molecule has 2 saturated carbocycles. The summed E-state index contributed by atoms with van der Waals surface area (Å²) >= 11 is 3.03. The molecule has 3 rings (SSSR count). The van der Waals surface area contributed by atoms with Crippen LogP contribution in [0.3, 0.4) is 0 Å². The molecule has 1 aromatic carbocycles. The van der Waals surface area contributed by atoms with E-state index in [1.807, 2.05) is 13.8 Å². The zero-order valence-electron chi connectivity index (χ0n) is 15.6. The first-order valence-electron chi connectivity index (χ1n) is 8.70. The fourth-order valence-electron chi connectivity index (χ4n) is 4.25. The number of alkyl halides is 1. The van der Waals surface area contributed by atoms with Gasteiger partial charge in [-0.25, -0.2) is 0 Å². The first-order chi connectivity index (χ1) is 12.8. The number of carboxylic acids is 1. The third kappa shape index (κ3) is 4.18. The van der Waals surface area contributed by atoms with Crippen LogP contribution in [0.2, 0.25) is 0 Å². The number of hydrogen-bond donors (Lipinski definition) is 4. The minimum atomic E-state index is -4.24. The van der Waals surface area contributed by atoms with Crippen molar-refractivity contribution in [3.05, 3.63) is 24.3 Å². The van der Waals surface area contributed by atoms with E-state index in [0.29, 0.717) is 18.5 Å². The Labute approximate surface area is 172 Å². The van der Waals surface area contributed by atoms with E-state index < -0.39 is 25.7 Å². The second-order valence-corrected chi connectivity index (χ2v) is 10.7. The highest BCUT2D eigenvalue weighted by molar-refractivity contribution is 9.11. The Hall–Kier alpha value is -1.65. The number of ketones is 1. The molecule has 2 fully saturated rings. The predicted octanol–water partition coefficient (Wildman–Crippen LogP) is 2.88. The Morgan fingerprint density at radius 2 is 1.89 bits per heavy atom. The second kappa shape index (κ2) is 8.00. The highest BCUT2D eigenvalue weighted by Gasteiger charge is 2.69. The van der Waals surface area contributed by atoms with Crippen molar-refractivity contribution in [1.82, 2.24) is 0 Å². The van der Waals surface area contributed by atoms with Crippen LogP contribution in [0.5, 0.6) is 5.75 Å². The first-order valence-corrected chi connectivity index (χ1v) is 11.1. The van der Waals surface area contributed by atoms with Gasteiger partial charge in [-0.05, 0) is 48.4 Å². The smallest absolute Gasteiger partial charge is 0.322 e. The largest absolute Gasteiger partial charge is 0.508 e. The number of carbonyl (C=O) groups is 2. The number of carboxylic acid groups (broad SMARTS) is 1. The average Bonchev–Trinajstić information content (AvgIpc) is 2.95. The zero-order chi connectivity index (χ0) is 21.3. The number of fused-ring (bicyclic) bond motifs is 2. The van der Waals surface area contributed by atoms with Crippen molar-refractivity contribution in [3.8, 4) is 5.75 Å². The topological polar surface area (TPSA) is 141 Å². The molecule has 0 aliphatic heterocycles. The minimum Gasteiger partial charge on any atom is -0.508 e. The molecule has 28 heavy (non-hydrogen) atoms. The van der Waals surface area contributed by atoms with E-state index >= 15 is 0 Å². The lowest BCUT2D eigenvalue weighted by atomic mass is 9.70. The van der Waals surface area contributed by atoms with Crippen LogP contribution in [0.1, 0.15) is 33.1 Å². The van der Waals surface area contributed by atoms with Gasteiger partial charge in [0.1, 0.15) is 18.1 Å². The molecule has 0 saturated heterocycles. The molecular weight excluding hydrogens is 454 g/mol. The summed E-state index contributed by atoms with van der Waals surface area (Å²) in [6.45, 7) is 3.73. The summed E-state index contributed by atoms with van der Waals surface area (Å²) in [7, 11) is -4.24. The number of phenols is 1. The minimum absolute atomic E-state index is 0.0340. The summed E-state index contributed by atoms with van der Waals surface area (Å²) in [5, 5.41) is 19.9. The van der Waals surface area contributed by atoms with Crippen LogP contribution in [0.25, 0.3) is 0 Å². The Morgan fingerprint density at radius 3 is 2.29 bits per heavy atom. The molecule has 0 heterocycles. The molecule has 2 bridgehead atoms. The molecule has 0 aromatic heterocycles. The maximum Gasteiger partial charge on any atom is 0.322 e. The van der Waals surface area contributed by atoms with Crippen LogP contribution in [0.4, 0.5) is 5.69 Å². The van der Waals surface area contributed by atoms with Crippen LogP contribution in [0.15, 0.2) is 24.3 Å². The van der Waals surface area contributed by atoms with Crippen LogP contribution >= 0.6 is 15.9 Å². The van der Waals surface area contributed by atoms with Gasteiger partial charge in [0, 0.05) is 12.1 Å². The third-order valence-corrected chi connectivity index (χ3v) is 9.07. The molecule has 0 radical (unpaired) electrons. The lowest BCUT2D eigenvalue weighted by Gasteiger charge is -2.38. The maximum atomic E-state index is 12.1. The van der Waals surface area contributed by atoms with E-state index in [9.17, 15) is 22.6 Å². The van der Waals surface area contributed by atoms with Crippen LogP contribution in [0, 0.1) is 16.7 Å². The van der Waals surface area contributed by atoms with Gasteiger partial charge in [0.15, 0.2) is 4.16 Å². The van der Waals surface area contributed by atoms with Gasteiger partial charge in [-0.15, -0.1) is 0 Å². The fourth-order valence-corrected chi connectivity index (χ4v) is 6.39. The first kappa shape index (κ1) is 22.6. The number of anilines is 1. The number of benzene rings is 1. The molecule has 4 N–H and O–H groups in total. The van der Waals surface area contributed by atoms with Gasteiger partial charge < -0.3 is 15.5 Å². The molecule has 0 amide bonds. The summed E-state index contributed by atoms with van der Waals surface area (Å²) in [5.74, 6) is -0.547. The fraction of sp³-hybridized carbons (Fsp3) is 0.556. The Kier molecular flexibility index (Phi) is 6.47. The summed E-state index contributed by atoms with van der Waals surface area (Å²) in [6, 6.07) is 6.20. The Bertz CT molecular complexity index is 853. The molecule has 2 aliphatic rings. The van der Waals surface area contributed by atoms with E-state index in [1.165, 1.54) is 12.1 Å². The van der Waals surface area contributed by atoms with Gasteiger partial charge >= 0.3 is 5.97 Å². The lowest BCUT2D eigenvalue weighted by molar-refractivity contribution is -0.135. The number of Topliss-reactive ketones (excluding diaryl/α,β-unsaturated/α-hetero) is 1. The summed E-state index contributed by atoms with van der Waals surface area (Å²) in [6.07, 6.45) is 1.83. The van der Waals surface area contributed by atoms with Crippen molar-refractivity contribution in [1.29, 1.82) is 0 Å². The highest BCUT2D eigenvalue weighted by atomic mass is 79.9. The molecule has 156 valence electrons. The number of phenolic OH excluding ortho intramolecular Hbond substituents is 1. The third-order valence-electron chi connectivity index (χ3n) is 5.95. The van der Waals surface area contributed by atoms with Crippen LogP contribution in [-0.4, -0.2) is 45.6 Å². The van der Waals surface area contributed by atoms with Gasteiger partial charge in [0.05, 0.1) is 5.41 Å². The molecule has 0 spiro atoms. The number of nitrogens with one attached hydrogen (secondary N) is 1. The van der Waals surface area contributed by atoms with E-state index in [1.54, 1.807) is 12.1 Å². The molecule has 10 heteroatoms. The number of rotatable bonds is 5. The predicted molar refractivity (Wildman–Crippen MR) is 107 cm³/mol. The normalized spacial score (nSPS) is 26.3. The zero-order valence-corrected chi connectivity index (χ0v) is 18.0. The quantitative estimate of drug-likeness (QED) is 0.288. The molecule has 3 unspecified atom stereocenters. The number of hydrogen-bond acceptors (Lipinski definition) is 6.